The Labute approximate surface area is 145 Å². The van der Waals surface area contributed by atoms with Crippen LogP contribution in [0.2, 0.25) is 0 Å². The Bertz CT molecular complexity index is 614. The van der Waals surface area contributed by atoms with Gasteiger partial charge in [-0.1, -0.05) is 37.3 Å². The summed E-state index contributed by atoms with van der Waals surface area (Å²) in [5, 5.41) is 9.79. The zero-order valence-electron chi connectivity index (χ0n) is 14.2. The van der Waals surface area contributed by atoms with Gasteiger partial charge in [0.1, 0.15) is 0 Å². The maximum atomic E-state index is 12.7. The predicted octanol–water partition coefficient (Wildman–Crippen LogP) is 2.39. The summed E-state index contributed by atoms with van der Waals surface area (Å²) in [5.41, 5.74) is 0.513. The first kappa shape index (κ1) is 18.2. The molecular formula is C18H23F3N2O2. The van der Waals surface area contributed by atoms with Gasteiger partial charge < -0.3 is 10.0 Å². The van der Waals surface area contributed by atoms with Crippen LogP contribution in [0, 0.1) is 0 Å². The number of alkyl halides is 3. The number of aliphatic hydroxyl groups is 1. The minimum Gasteiger partial charge on any atom is -0.395 e. The number of carbonyl (C=O) groups is 1. The van der Waals surface area contributed by atoms with Crippen LogP contribution in [0.25, 0.3) is 0 Å². The predicted molar refractivity (Wildman–Crippen MR) is 87.0 cm³/mol. The fourth-order valence-corrected chi connectivity index (χ4v) is 4.39. The largest absolute Gasteiger partial charge is 0.395 e. The van der Waals surface area contributed by atoms with E-state index in [0.29, 0.717) is 19.5 Å². The minimum atomic E-state index is -4.23. The van der Waals surface area contributed by atoms with Gasteiger partial charge in [-0.2, -0.15) is 13.2 Å². The Morgan fingerprint density at radius 3 is 2.44 bits per heavy atom. The third kappa shape index (κ3) is 3.15. The Morgan fingerprint density at radius 1 is 1.28 bits per heavy atom. The molecule has 1 amide bonds. The van der Waals surface area contributed by atoms with Crippen molar-refractivity contribution < 1.29 is 23.1 Å². The van der Waals surface area contributed by atoms with E-state index in [4.69, 9.17) is 0 Å². The lowest BCUT2D eigenvalue weighted by molar-refractivity contribution is -0.209. The topological polar surface area (TPSA) is 43.8 Å². The first-order valence-corrected chi connectivity index (χ1v) is 8.59. The summed E-state index contributed by atoms with van der Waals surface area (Å²) >= 11 is 0. The van der Waals surface area contributed by atoms with Crippen molar-refractivity contribution in [2.75, 3.05) is 26.2 Å². The van der Waals surface area contributed by atoms with Gasteiger partial charge in [0.2, 0.25) is 5.91 Å². The van der Waals surface area contributed by atoms with E-state index in [-0.39, 0.29) is 31.0 Å². The number of nitrogens with zero attached hydrogens (tertiary/aromatic N) is 2. The van der Waals surface area contributed by atoms with Crippen LogP contribution in [0.3, 0.4) is 0 Å². The molecule has 2 aliphatic heterocycles. The van der Waals surface area contributed by atoms with Crippen LogP contribution in [0.15, 0.2) is 30.3 Å². The number of rotatable bonds is 5. The highest BCUT2D eigenvalue weighted by Crippen LogP contribution is 2.54. The molecule has 25 heavy (non-hydrogen) atoms. The number of carbonyl (C=O) groups excluding carboxylic acids is 1. The van der Waals surface area contributed by atoms with Crippen LogP contribution in [0.1, 0.15) is 31.2 Å². The van der Waals surface area contributed by atoms with Gasteiger partial charge in [-0.15, -0.1) is 0 Å². The first-order valence-electron chi connectivity index (χ1n) is 8.59. The van der Waals surface area contributed by atoms with Crippen molar-refractivity contribution in [1.82, 2.24) is 9.80 Å². The van der Waals surface area contributed by atoms with E-state index in [1.54, 1.807) is 16.7 Å². The fraction of sp³-hybridized carbons (Fsp3) is 0.611. The number of amides is 1. The van der Waals surface area contributed by atoms with Crippen LogP contribution < -0.4 is 0 Å². The van der Waals surface area contributed by atoms with Crippen LogP contribution in [0.4, 0.5) is 13.2 Å². The highest BCUT2D eigenvalue weighted by Gasteiger charge is 2.66. The summed E-state index contributed by atoms with van der Waals surface area (Å²) in [6.45, 7) is 2.29. The smallest absolute Gasteiger partial charge is 0.390 e. The molecule has 0 bridgehead atoms. The van der Waals surface area contributed by atoms with Crippen molar-refractivity contribution in [2.24, 2.45) is 0 Å². The quantitative estimate of drug-likeness (QED) is 0.881. The minimum absolute atomic E-state index is 0.0145. The Kier molecular flexibility index (Phi) is 4.81. The highest BCUT2D eigenvalue weighted by atomic mass is 19.4. The highest BCUT2D eigenvalue weighted by molar-refractivity contribution is 5.77. The van der Waals surface area contributed by atoms with Gasteiger partial charge in [0.25, 0.3) is 0 Å². The van der Waals surface area contributed by atoms with Crippen LogP contribution >= 0.6 is 0 Å². The number of hydrogen-bond acceptors (Lipinski definition) is 3. The average molecular weight is 356 g/mol. The summed E-state index contributed by atoms with van der Waals surface area (Å²) < 4.78 is 38.1. The number of likely N-dealkylation sites (tertiary alicyclic amines) is 2. The standard InChI is InChI=1S/C18H23F3N2O2/c1-2-15(25)22-11-17(12-22)16(13-6-4-3-5-7-13)14(10-24)23(17)9-8-18(19,20)21/h3-7,14,16,24H,2,8-12H2,1H3/t14-,16-/m0/s1. The normalized spacial score (nSPS) is 25.6. The third-order valence-electron chi connectivity index (χ3n) is 5.50. The van der Waals surface area contributed by atoms with Crippen molar-refractivity contribution in [1.29, 1.82) is 0 Å². The number of halogens is 3. The molecule has 1 N–H and O–H groups in total. The molecule has 2 atom stereocenters. The maximum Gasteiger partial charge on any atom is 0.390 e. The van der Waals surface area contributed by atoms with Crippen molar-refractivity contribution in [2.45, 2.75) is 43.4 Å². The SMILES string of the molecule is CCC(=O)N1CC2(C1)[C@@H](c1ccccc1)[C@H](CO)N2CCC(F)(F)F. The van der Waals surface area contributed by atoms with E-state index >= 15 is 0 Å². The lowest BCUT2D eigenvalue weighted by Gasteiger charge is -2.71. The van der Waals surface area contributed by atoms with Crippen LogP contribution in [-0.2, 0) is 4.79 Å². The van der Waals surface area contributed by atoms with Crippen molar-refractivity contribution in [3.8, 4) is 0 Å². The zero-order valence-corrected chi connectivity index (χ0v) is 14.2. The van der Waals surface area contributed by atoms with Crippen LogP contribution in [-0.4, -0.2) is 64.8 Å². The number of hydrogen-bond donors (Lipinski definition) is 1. The molecule has 0 radical (unpaired) electrons. The van der Waals surface area contributed by atoms with Gasteiger partial charge in [0.15, 0.2) is 0 Å². The van der Waals surface area contributed by atoms with Gasteiger partial charge >= 0.3 is 6.18 Å². The van der Waals surface area contributed by atoms with E-state index in [1.807, 2.05) is 30.3 Å². The molecule has 0 aromatic heterocycles. The second-order valence-corrected chi connectivity index (χ2v) is 6.90. The summed E-state index contributed by atoms with van der Waals surface area (Å²) in [5.74, 6) is -0.0477. The Morgan fingerprint density at radius 2 is 1.92 bits per heavy atom. The molecular weight excluding hydrogens is 333 g/mol. The summed E-state index contributed by atoms with van der Waals surface area (Å²) in [4.78, 5) is 15.4. The van der Waals surface area contributed by atoms with Gasteiger partial charge in [0.05, 0.1) is 18.6 Å². The van der Waals surface area contributed by atoms with E-state index in [9.17, 15) is 23.1 Å². The number of aliphatic hydroxyl groups excluding tert-OH is 1. The molecule has 0 unspecified atom stereocenters. The molecule has 0 aliphatic carbocycles. The van der Waals surface area contributed by atoms with Crippen LogP contribution in [0.5, 0.6) is 0 Å². The summed E-state index contributed by atoms with van der Waals surface area (Å²) in [6, 6.07) is 9.22. The molecule has 2 heterocycles. The van der Waals surface area contributed by atoms with E-state index in [0.717, 1.165) is 5.56 Å². The first-order chi connectivity index (χ1) is 11.8. The van der Waals surface area contributed by atoms with Crippen molar-refractivity contribution in [3.63, 3.8) is 0 Å². The number of benzene rings is 1. The second kappa shape index (κ2) is 6.61. The molecule has 2 aliphatic rings. The fourth-order valence-electron chi connectivity index (χ4n) is 4.39. The molecule has 1 spiro atoms. The van der Waals surface area contributed by atoms with Gasteiger partial charge in [-0.3, -0.25) is 9.69 Å². The molecule has 0 saturated carbocycles. The molecule has 4 nitrogen and oxygen atoms in total. The Balaban J connectivity index is 1.83. The summed E-state index contributed by atoms with van der Waals surface area (Å²) in [7, 11) is 0. The second-order valence-electron chi connectivity index (χ2n) is 6.90. The van der Waals surface area contributed by atoms with E-state index in [1.165, 1.54) is 0 Å². The van der Waals surface area contributed by atoms with Gasteiger partial charge in [0, 0.05) is 38.0 Å². The molecule has 1 aromatic rings. The molecule has 7 heteroatoms. The van der Waals surface area contributed by atoms with Crippen molar-refractivity contribution >= 4 is 5.91 Å². The lowest BCUT2D eigenvalue weighted by Crippen LogP contribution is -2.85. The van der Waals surface area contributed by atoms with Gasteiger partial charge in [-0.05, 0) is 5.56 Å². The molecule has 2 fully saturated rings. The molecule has 3 rings (SSSR count). The monoisotopic (exact) mass is 356 g/mol. The van der Waals surface area contributed by atoms with Crippen molar-refractivity contribution in [3.05, 3.63) is 35.9 Å². The lowest BCUT2D eigenvalue weighted by atomic mass is 9.60. The maximum absolute atomic E-state index is 12.7. The zero-order chi connectivity index (χ0) is 18.2. The van der Waals surface area contributed by atoms with E-state index in [2.05, 4.69) is 0 Å². The van der Waals surface area contributed by atoms with E-state index < -0.39 is 18.1 Å². The molecule has 2 saturated heterocycles. The average Bonchev–Trinajstić information content (AvgIpc) is 2.52. The molecule has 138 valence electrons. The van der Waals surface area contributed by atoms with Gasteiger partial charge in [-0.25, -0.2) is 0 Å². The Hall–Kier alpha value is -1.60. The summed E-state index contributed by atoms with van der Waals surface area (Å²) in [6.07, 6.45) is -4.76. The molecule has 1 aromatic carbocycles. The third-order valence-corrected chi connectivity index (χ3v) is 5.50.